The van der Waals surface area contributed by atoms with Crippen molar-refractivity contribution < 1.29 is 4.79 Å². The number of anilines is 1. The Hall–Kier alpha value is -2.55. The van der Waals surface area contributed by atoms with Gasteiger partial charge >= 0.3 is 0 Å². The number of nitrogens with zero attached hydrogens (tertiary/aromatic N) is 2. The summed E-state index contributed by atoms with van der Waals surface area (Å²) in [4.78, 5) is 16.8. The molecule has 0 fully saturated rings. The van der Waals surface area contributed by atoms with Gasteiger partial charge in [-0.3, -0.25) is 4.79 Å². The predicted octanol–water partition coefficient (Wildman–Crippen LogP) is 5.11. The third-order valence-corrected chi connectivity index (χ3v) is 5.15. The van der Waals surface area contributed by atoms with E-state index in [1.54, 1.807) is 24.3 Å². The van der Waals surface area contributed by atoms with E-state index in [-0.39, 0.29) is 11.7 Å². The van der Waals surface area contributed by atoms with Crippen LogP contribution in [0.15, 0.2) is 47.5 Å². The molecule has 3 aromatic rings. The van der Waals surface area contributed by atoms with Gasteiger partial charge < -0.3 is 5.32 Å². The lowest BCUT2D eigenvalue weighted by molar-refractivity contribution is -0.113. The van der Waals surface area contributed by atoms with Crippen molar-refractivity contribution in [1.82, 2.24) is 4.98 Å². The number of aromatic nitrogens is 1. The number of thioether (sulfide) groups is 1. The minimum absolute atomic E-state index is 0.142. The molecule has 0 saturated carbocycles. The zero-order valence-corrected chi connectivity index (χ0v) is 15.9. The van der Waals surface area contributed by atoms with E-state index >= 15 is 0 Å². The highest BCUT2D eigenvalue weighted by atomic mass is 35.5. The minimum Gasteiger partial charge on any atom is -0.324 e. The van der Waals surface area contributed by atoms with Crippen LogP contribution in [0.2, 0.25) is 5.02 Å². The van der Waals surface area contributed by atoms with Crippen LogP contribution in [0, 0.1) is 25.2 Å². The molecule has 1 heterocycles. The fourth-order valence-electron chi connectivity index (χ4n) is 2.71. The third kappa shape index (κ3) is 3.98. The Labute approximate surface area is 161 Å². The quantitative estimate of drug-likeness (QED) is 0.638. The summed E-state index contributed by atoms with van der Waals surface area (Å²) >= 11 is 7.30. The van der Waals surface area contributed by atoms with Crippen LogP contribution in [-0.4, -0.2) is 16.6 Å². The summed E-state index contributed by atoms with van der Waals surface area (Å²) in [6, 6.07) is 15.1. The molecule has 2 aromatic carbocycles. The summed E-state index contributed by atoms with van der Waals surface area (Å²) < 4.78 is 0. The summed E-state index contributed by atoms with van der Waals surface area (Å²) in [6.45, 7) is 4.01. The fourth-order valence-corrected chi connectivity index (χ4v) is 3.65. The van der Waals surface area contributed by atoms with Crippen LogP contribution in [0.3, 0.4) is 0 Å². The zero-order chi connectivity index (χ0) is 18.7. The van der Waals surface area contributed by atoms with Crippen molar-refractivity contribution in [3.63, 3.8) is 0 Å². The number of nitrogens with one attached hydrogen (secondary N) is 1. The van der Waals surface area contributed by atoms with Crippen LogP contribution in [0.5, 0.6) is 0 Å². The van der Waals surface area contributed by atoms with Gasteiger partial charge in [-0.15, -0.1) is 0 Å². The Kier molecular flexibility index (Phi) is 5.46. The Morgan fingerprint density at radius 1 is 1.27 bits per heavy atom. The number of pyridine rings is 1. The first kappa shape index (κ1) is 18.2. The molecule has 0 aliphatic carbocycles. The highest BCUT2D eigenvalue weighted by Gasteiger charge is 2.12. The molecule has 130 valence electrons. The molecule has 0 aliphatic rings. The second-order valence-corrected chi connectivity index (χ2v) is 7.29. The van der Waals surface area contributed by atoms with Gasteiger partial charge in [0.25, 0.3) is 0 Å². The van der Waals surface area contributed by atoms with Crippen LogP contribution >= 0.6 is 23.4 Å². The molecule has 6 heteroatoms. The molecular weight excluding hydrogens is 366 g/mol. The first-order valence-corrected chi connectivity index (χ1v) is 9.33. The molecule has 1 amide bonds. The number of hydrogen-bond acceptors (Lipinski definition) is 4. The van der Waals surface area contributed by atoms with Crippen LogP contribution in [0.1, 0.15) is 16.7 Å². The first-order valence-electron chi connectivity index (χ1n) is 7.97. The number of para-hydroxylation sites is 1. The molecule has 3 rings (SSSR count). The SMILES string of the molecule is Cc1cc(C)c2nc(SCC(=O)Nc3ccccc3Cl)c(C#N)cc2c1. The molecule has 0 spiro atoms. The normalized spacial score (nSPS) is 10.5. The summed E-state index contributed by atoms with van der Waals surface area (Å²) in [5.41, 5.74) is 4.06. The monoisotopic (exact) mass is 381 g/mol. The van der Waals surface area contributed by atoms with Gasteiger partial charge in [-0.2, -0.15) is 5.26 Å². The van der Waals surface area contributed by atoms with Gasteiger partial charge in [-0.05, 0) is 43.7 Å². The Balaban J connectivity index is 1.81. The number of hydrogen-bond donors (Lipinski definition) is 1. The van der Waals surface area contributed by atoms with Gasteiger partial charge in [0.15, 0.2) is 0 Å². The van der Waals surface area contributed by atoms with Crippen molar-refractivity contribution in [2.45, 2.75) is 18.9 Å². The summed E-state index contributed by atoms with van der Waals surface area (Å²) in [5, 5.41) is 14.2. The maximum Gasteiger partial charge on any atom is 0.234 e. The number of halogens is 1. The molecule has 0 bridgehead atoms. The molecule has 4 nitrogen and oxygen atoms in total. The molecule has 1 N–H and O–H groups in total. The summed E-state index contributed by atoms with van der Waals surface area (Å²) in [6.07, 6.45) is 0. The first-order chi connectivity index (χ1) is 12.5. The number of rotatable bonds is 4. The average molecular weight is 382 g/mol. The van der Waals surface area contributed by atoms with E-state index in [0.29, 0.717) is 21.3 Å². The van der Waals surface area contributed by atoms with Gasteiger partial charge in [0.05, 0.1) is 27.5 Å². The highest BCUT2D eigenvalue weighted by Crippen LogP contribution is 2.27. The van der Waals surface area contributed by atoms with E-state index in [1.807, 2.05) is 26.0 Å². The Morgan fingerprint density at radius 3 is 2.77 bits per heavy atom. The third-order valence-electron chi connectivity index (χ3n) is 3.83. The van der Waals surface area contributed by atoms with Crippen LogP contribution < -0.4 is 5.32 Å². The van der Waals surface area contributed by atoms with Crippen molar-refractivity contribution >= 4 is 45.9 Å². The zero-order valence-electron chi connectivity index (χ0n) is 14.3. The van der Waals surface area contributed by atoms with Crippen molar-refractivity contribution in [1.29, 1.82) is 5.26 Å². The second kappa shape index (κ2) is 7.77. The highest BCUT2D eigenvalue weighted by molar-refractivity contribution is 8.00. The van der Waals surface area contributed by atoms with Crippen LogP contribution in [0.4, 0.5) is 5.69 Å². The Bertz CT molecular complexity index is 1040. The summed E-state index contributed by atoms with van der Waals surface area (Å²) in [5.74, 6) is -0.0573. The van der Waals surface area contributed by atoms with E-state index in [4.69, 9.17) is 11.6 Å². The topological polar surface area (TPSA) is 65.8 Å². The predicted molar refractivity (Wildman–Crippen MR) is 107 cm³/mol. The standard InChI is InChI=1S/C20H16ClN3OS/c1-12-7-13(2)19-14(8-12)9-15(10-22)20(24-19)26-11-18(25)23-17-6-4-3-5-16(17)21/h3-9H,11H2,1-2H3,(H,23,25). The number of amides is 1. The van der Waals surface area contributed by atoms with E-state index in [0.717, 1.165) is 22.0 Å². The molecule has 0 aliphatic heterocycles. The maximum absolute atomic E-state index is 12.2. The van der Waals surface area contributed by atoms with Gasteiger partial charge in [0.2, 0.25) is 5.91 Å². The van der Waals surface area contributed by atoms with Crippen molar-refractivity contribution in [3.8, 4) is 6.07 Å². The van der Waals surface area contributed by atoms with E-state index in [9.17, 15) is 10.1 Å². The van der Waals surface area contributed by atoms with Crippen molar-refractivity contribution in [3.05, 3.63) is 64.2 Å². The molecule has 0 radical (unpaired) electrons. The van der Waals surface area contributed by atoms with Gasteiger partial charge in [-0.25, -0.2) is 4.98 Å². The van der Waals surface area contributed by atoms with E-state index in [1.165, 1.54) is 11.8 Å². The van der Waals surface area contributed by atoms with Crippen molar-refractivity contribution in [2.24, 2.45) is 0 Å². The number of fused-ring (bicyclic) bond motifs is 1. The van der Waals surface area contributed by atoms with Gasteiger partial charge in [0.1, 0.15) is 11.1 Å². The molecule has 0 atom stereocenters. The lowest BCUT2D eigenvalue weighted by Crippen LogP contribution is -2.14. The van der Waals surface area contributed by atoms with Crippen LogP contribution in [0.25, 0.3) is 10.9 Å². The largest absolute Gasteiger partial charge is 0.324 e. The Morgan fingerprint density at radius 2 is 2.04 bits per heavy atom. The second-order valence-electron chi connectivity index (χ2n) is 5.92. The van der Waals surface area contributed by atoms with Gasteiger partial charge in [0, 0.05) is 5.39 Å². The lowest BCUT2D eigenvalue weighted by atomic mass is 10.1. The average Bonchev–Trinajstić information content (AvgIpc) is 2.61. The van der Waals surface area contributed by atoms with E-state index < -0.39 is 0 Å². The molecule has 0 unspecified atom stereocenters. The smallest absolute Gasteiger partial charge is 0.234 e. The van der Waals surface area contributed by atoms with Crippen molar-refractivity contribution in [2.75, 3.05) is 11.1 Å². The molecule has 1 aromatic heterocycles. The number of aryl methyl sites for hydroxylation is 2. The fraction of sp³-hybridized carbons (Fsp3) is 0.150. The molecule has 26 heavy (non-hydrogen) atoms. The van der Waals surface area contributed by atoms with Gasteiger partial charge in [-0.1, -0.05) is 47.1 Å². The summed E-state index contributed by atoms with van der Waals surface area (Å²) in [7, 11) is 0. The number of nitriles is 1. The molecule has 0 saturated heterocycles. The van der Waals surface area contributed by atoms with E-state index in [2.05, 4.69) is 22.4 Å². The maximum atomic E-state index is 12.2. The number of benzene rings is 2. The lowest BCUT2D eigenvalue weighted by Gasteiger charge is -2.09. The number of carbonyl (C=O) groups excluding carboxylic acids is 1. The number of carbonyl (C=O) groups is 1. The minimum atomic E-state index is -0.200. The molecular formula is C20H16ClN3OS. The van der Waals surface area contributed by atoms with Crippen LogP contribution in [-0.2, 0) is 4.79 Å².